The van der Waals surface area contributed by atoms with Crippen LogP contribution in [0.2, 0.25) is 5.02 Å². The predicted molar refractivity (Wildman–Crippen MR) is 67.5 cm³/mol. The van der Waals surface area contributed by atoms with E-state index in [0.717, 1.165) is 15.6 Å². The fraction of sp³-hybridized carbons (Fsp3) is 0.0909. The van der Waals surface area contributed by atoms with Crippen molar-refractivity contribution in [1.29, 1.82) is 0 Å². The minimum atomic E-state index is -0.667. The first-order chi connectivity index (χ1) is 7.20. The number of thiophene rings is 1. The number of rotatable bonds is 2. The zero-order valence-corrected chi connectivity index (χ0v) is 10.8. The van der Waals surface area contributed by atoms with Crippen LogP contribution in [0.1, 0.15) is 17.2 Å². The standard InChI is InChI=1S/C11H8BrClOS/c12-9-6-15-5-8(9)11(14)7-3-1-2-4-10(7)13/h1-6,11,14H. The van der Waals surface area contributed by atoms with E-state index in [1.807, 2.05) is 29.0 Å². The normalized spacial score (nSPS) is 12.7. The molecule has 1 nitrogen and oxygen atoms in total. The van der Waals surface area contributed by atoms with Gasteiger partial charge in [0.25, 0.3) is 0 Å². The zero-order chi connectivity index (χ0) is 10.8. The average Bonchev–Trinajstić information content (AvgIpc) is 2.64. The van der Waals surface area contributed by atoms with Crippen LogP contribution in [-0.2, 0) is 0 Å². The first kappa shape index (κ1) is 11.1. The lowest BCUT2D eigenvalue weighted by Gasteiger charge is -2.11. The highest BCUT2D eigenvalue weighted by Gasteiger charge is 2.16. The number of aliphatic hydroxyl groups is 1. The van der Waals surface area contributed by atoms with Crippen molar-refractivity contribution in [3.8, 4) is 0 Å². The third kappa shape index (κ3) is 2.26. The summed E-state index contributed by atoms with van der Waals surface area (Å²) >= 11 is 11.0. The molecule has 0 aliphatic carbocycles. The average molecular weight is 304 g/mol. The Morgan fingerprint density at radius 3 is 2.53 bits per heavy atom. The molecule has 78 valence electrons. The minimum absolute atomic E-state index is 0.586. The Morgan fingerprint density at radius 2 is 1.93 bits per heavy atom. The molecule has 1 unspecified atom stereocenters. The van der Waals surface area contributed by atoms with Crippen LogP contribution in [0.25, 0.3) is 0 Å². The van der Waals surface area contributed by atoms with Crippen LogP contribution in [-0.4, -0.2) is 5.11 Å². The maximum atomic E-state index is 10.1. The Morgan fingerprint density at radius 1 is 1.20 bits per heavy atom. The summed E-state index contributed by atoms with van der Waals surface area (Å²) in [6, 6.07) is 7.32. The van der Waals surface area contributed by atoms with E-state index in [2.05, 4.69) is 15.9 Å². The third-order valence-corrected chi connectivity index (χ3v) is 4.23. The minimum Gasteiger partial charge on any atom is -0.384 e. The van der Waals surface area contributed by atoms with E-state index in [9.17, 15) is 5.11 Å². The van der Waals surface area contributed by atoms with Crippen LogP contribution in [0.4, 0.5) is 0 Å². The van der Waals surface area contributed by atoms with Gasteiger partial charge in [-0.05, 0) is 27.4 Å². The molecular formula is C11H8BrClOS. The van der Waals surface area contributed by atoms with Crippen LogP contribution in [0.15, 0.2) is 39.5 Å². The molecule has 0 amide bonds. The molecule has 2 aromatic rings. The molecule has 1 heterocycles. The molecule has 1 aromatic heterocycles. The van der Waals surface area contributed by atoms with E-state index >= 15 is 0 Å². The molecule has 0 saturated heterocycles. The molecule has 0 aliphatic heterocycles. The van der Waals surface area contributed by atoms with Crippen molar-refractivity contribution in [1.82, 2.24) is 0 Å². The topological polar surface area (TPSA) is 20.2 Å². The summed E-state index contributed by atoms with van der Waals surface area (Å²) in [5, 5.41) is 14.6. The molecule has 15 heavy (non-hydrogen) atoms. The van der Waals surface area contributed by atoms with Crippen LogP contribution >= 0.6 is 38.9 Å². The van der Waals surface area contributed by atoms with E-state index in [1.165, 1.54) is 0 Å². The Labute approximate surface area is 105 Å². The van der Waals surface area contributed by atoms with Gasteiger partial charge in [-0.25, -0.2) is 0 Å². The molecule has 1 aromatic carbocycles. The lowest BCUT2D eigenvalue weighted by Crippen LogP contribution is -1.99. The van der Waals surface area contributed by atoms with Gasteiger partial charge in [-0.1, -0.05) is 29.8 Å². The number of hydrogen-bond acceptors (Lipinski definition) is 2. The summed E-state index contributed by atoms with van der Waals surface area (Å²) in [5.41, 5.74) is 1.59. The van der Waals surface area contributed by atoms with Gasteiger partial charge in [-0.15, -0.1) is 0 Å². The summed E-state index contributed by atoms with van der Waals surface area (Å²) in [6.07, 6.45) is -0.667. The summed E-state index contributed by atoms with van der Waals surface area (Å²) in [6.45, 7) is 0. The lowest BCUT2D eigenvalue weighted by molar-refractivity contribution is 0.220. The molecule has 2 rings (SSSR count). The van der Waals surface area contributed by atoms with Gasteiger partial charge in [-0.3, -0.25) is 0 Å². The van der Waals surface area contributed by atoms with Crippen molar-refractivity contribution in [2.24, 2.45) is 0 Å². The van der Waals surface area contributed by atoms with Crippen molar-refractivity contribution in [3.05, 3.63) is 55.6 Å². The summed E-state index contributed by atoms with van der Waals surface area (Å²) < 4.78 is 0.917. The van der Waals surface area contributed by atoms with E-state index in [-0.39, 0.29) is 0 Å². The summed E-state index contributed by atoms with van der Waals surface area (Å²) in [5.74, 6) is 0. The molecule has 1 N–H and O–H groups in total. The molecule has 1 atom stereocenters. The first-order valence-electron chi connectivity index (χ1n) is 4.34. The van der Waals surface area contributed by atoms with Crippen LogP contribution < -0.4 is 0 Å². The Hall–Kier alpha value is -0.350. The molecule has 0 saturated carbocycles. The fourth-order valence-electron chi connectivity index (χ4n) is 1.35. The van der Waals surface area contributed by atoms with Gasteiger partial charge < -0.3 is 5.11 Å². The molecule has 0 spiro atoms. The monoisotopic (exact) mass is 302 g/mol. The van der Waals surface area contributed by atoms with E-state index in [4.69, 9.17) is 11.6 Å². The van der Waals surface area contributed by atoms with Crippen molar-refractivity contribution < 1.29 is 5.11 Å². The van der Waals surface area contributed by atoms with Crippen molar-refractivity contribution in [2.45, 2.75) is 6.10 Å². The largest absolute Gasteiger partial charge is 0.384 e. The van der Waals surface area contributed by atoms with E-state index < -0.39 is 6.10 Å². The van der Waals surface area contributed by atoms with Crippen LogP contribution in [0, 0.1) is 0 Å². The Kier molecular flexibility index (Phi) is 3.46. The van der Waals surface area contributed by atoms with Gasteiger partial charge in [0.2, 0.25) is 0 Å². The van der Waals surface area contributed by atoms with Crippen LogP contribution in [0.5, 0.6) is 0 Å². The number of aliphatic hydroxyl groups excluding tert-OH is 1. The molecule has 0 aliphatic rings. The molecule has 0 bridgehead atoms. The second kappa shape index (κ2) is 4.66. The highest BCUT2D eigenvalue weighted by molar-refractivity contribution is 9.10. The van der Waals surface area contributed by atoms with Crippen molar-refractivity contribution in [3.63, 3.8) is 0 Å². The maximum absolute atomic E-state index is 10.1. The third-order valence-electron chi connectivity index (χ3n) is 2.14. The first-order valence-corrected chi connectivity index (χ1v) is 6.45. The summed E-state index contributed by atoms with van der Waals surface area (Å²) in [7, 11) is 0. The Bertz CT molecular complexity index is 469. The number of benzene rings is 1. The van der Waals surface area contributed by atoms with E-state index in [0.29, 0.717) is 5.02 Å². The maximum Gasteiger partial charge on any atom is 0.107 e. The second-order valence-electron chi connectivity index (χ2n) is 3.10. The molecule has 0 radical (unpaired) electrons. The van der Waals surface area contributed by atoms with E-state index in [1.54, 1.807) is 17.4 Å². The zero-order valence-electron chi connectivity index (χ0n) is 7.65. The fourth-order valence-corrected chi connectivity index (χ4v) is 3.12. The van der Waals surface area contributed by atoms with Gasteiger partial charge in [0.1, 0.15) is 6.10 Å². The van der Waals surface area contributed by atoms with Gasteiger partial charge in [-0.2, -0.15) is 11.3 Å². The lowest BCUT2D eigenvalue weighted by atomic mass is 10.0. The molecule has 4 heteroatoms. The van der Waals surface area contributed by atoms with Gasteiger partial charge in [0.05, 0.1) is 0 Å². The molecular weight excluding hydrogens is 296 g/mol. The number of hydrogen-bond donors (Lipinski definition) is 1. The van der Waals surface area contributed by atoms with Crippen molar-refractivity contribution >= 4 is 38.9 Å². The van der Waals surface area contributed by atoms with Gasteiger partial charge >= 0.3 is 0 Å². The predicted octanol–water partition coefficient (Wildman–Crippen LogP) is 4.25. The van der Waals surface area contributed by atoms with Crippen LogP contribution in [0.3, 0.4) is 0 Å². The van der Waals surface area contributed by atoms with Gasteiger partial charge in [0.15, 0.2) is 0 Å². The molecule has 0 fully saturated rings. The SMILES string of the molecule is OC(c1ccccc1Cl)c1cscc1Br. The second-order valence-corrected chi connectivity index (χ2v) is 5.10. The summed E-state index contributed by atoms with van der Waals surface area (Å²) in [4.78, 5) is 0. The number of halogens is 2. The van der Waals surface area contributed by atoms with Gasteiger partial charge in [0, 0.05) is 26.0 Å². The Balaban J connectivity index is 2.41. The highest BCUT2D eigenvalue weighted by atomic mass is 79.9. The smallest absolute Gasteiger partial charge is 0.107 e. The highest BCUT2D eigenvalue weighted by Crippen LogP contribution is 2.34. The quantitative estimate of drug-likeness (QED) is 0.879. The van der Waals surface area contributed by atoms with Crippen molar-refractivity contribution in [2.75, 3.05) is 0 Å².